The Hall–Kier alpha value is -0.390. The molecule has 0 saturated carbocycles. The molecule has 1 atom stereocenters. The summed E-state index contributed by atoms with van der Waals surface area (Å²) < 4.78 is 1.82. The van der Waals surface area contributed by atoms with Crippen LogP contribution in [0.15, 0.2) is 27.1 Å². The van der Waals surface area contributed by atoms with Gasteiger partial charge in [0.05, 0.1) is 5.56 Å². The quantitative estimate of drug-likeness (QED) is 0.880. The lowest BCUT2D eigenvalue weighted by atomic mass is 10.1. The Bertz CT molecular complexity index is 451. The number of carbonyl (C=O) groups is 1. The van der Waals surface area contributed by atoms with E-state index in [0.717, 1.165) is 40.6 Å². The van der Waals surface area contributed by atoms with Gasteiger partial charge < -0.3 is 10.2 Å². The van der Waals surface area contributed by atoms with Crippen LogP contribution >= 0.6 is 31.9 Å². The monoisotopic (exact) mass is 374 g/mol. The normalized spacial score (nSPS) is 19.3. The third-order valence-corrected chi connectivity index (χ3v) is 4.38. The van der Waals surface area contributed by atoms with Gasteiger partial charge in [0.1, 0.15) is 0 Å². The van der Waals surface area contributed by atoms with Crippen LogP contribution in [0.1, 0.15) is 16.8 Å². The molecule has 1 aliphatic heterocycles. The number of carbonyl (C=O) groups excluding carboxylic acids is 1. The fourth-order valence-corrected chi connectivity index (χ4v) is 3.52. The highest BCUT2D eigenvalue weighted by molar-refractivity contribution is 9.11. The largest absolute Gasteiger partial charge is 0.338 e. The van der Waals surface area contributed by atoms with Crippen molar-refractivity contribution >= 4 is 37.8 Å². The fraction of sp³-hybridized carbons (Fsp3) is 0.462. The highest BCUT2D eigenvalue weighted by atomic mass is 79.9. The van der Waals surface area contributed by atoms with E-state index in [1.807, 2.05) is 30.1 Å². The Kier molecular flexibility index (Phi) is 4.81. The minimum atomic E-state index is 0.118. The average Bonchev–Trinajstić information content (AvgIpc) is 2.77. The van der Waals surface area contributed by atoms with Gasteiger partial charge in [0.15, 0.2) is 0 Å². The zero-order valence-corrected chi connectivity index (χ0v) is 13.4. The summed E-state index contributed by atoms with van der Waals surface area (Å²) in [5, 5.41) is 3.17. The number of nitrogens with one attached hydrogen (secondary N) is 1. The number of benzene rings is 1. The molecule has 5 heteroatoms. The van der Waals surface area contributed by atoms with Crippen LogP contribution < -0.4 is 5.32 Å². The number of nitrogens with zero attached hydrogens (tertiary/aromatic N) is 1. The Morgan fingerprint density at radius 3 is 2.94 bits per heavy atom. The number of amides is 1. The molecule has 1 unspecified atom stereocenters. The average molecular weight is 376 g/mol. The summed E-state index contributed by atoms with van der Waals surface area (Å²) in [5.74, 6) is 0.696. The van der Waals surface area contributed by atoms with Gasteiger partial charge in [-0.05, 0) is 60.1 Å². The molecule has 0 bridgehead atoms. The second-order valence-corrected chi connectivity index (χ2v) is 6.36. The van der Waals surface area contributed by atoms with Crippen LogP contribution in [0.2, 0.25) is 0 Å². The minimum Gasteiger partial charge on any atom is -0.338 e. The molecule has 1 aromatic rings. The van der Waals surface area contributed by atoms with Crippen molar-refractivity contribution < 1.29 is 4.79 Å². The zero-order chi connectivity index (χ0) is 13.1. The van der Waals surface area contributed by atoms with Crippen molar-refractivity contribution in [1.82, 2.24) is 10.2 Å². The highest BCUT2D eigenvalue weighted by Gasteiger charge is 2.27. The molecule has 1 heterocycles. The van der Waals surface area contributed by atoms with E-state index in [2.05, 4.69) is 37.2 Å². The molecule has 98 valence electrons. The Morgan fingerprint density at radius 2 is 2.28 bits per heavy atom. The van der Waals surface area contributed by atoms with E-state index in [1.165, 1.54) is 0 Å². The summed E-state index contributed by atoms with van der Waals surface area (Å²) in [4.78, 5) is 14.3. The molecule has 0 radical (unpaired) electrons. The summed E-state index contributed by atoms with van der Waals surface area (Å²) >= 11 is 6.85. The summed E-state index contributed by atoms with van der Waals surface area (Å²) in [6.07, 6.45) is 1.08. The molecule has 0 aromatic heterocycles. The zero-order valence-electron chi connectivity index (χ0n) is 10.2. The van der Waals surface area contributed by atoms with E-state index in [4.69, 9.17) is 0 Å². The van der Waals surface area contributed by atoms with Crippen molar-refractivity contribution in [2.45, 2.75) is 6.42 Å². The molecule has 2 rings (SSSR count). The molecule has 1 N–H and O–H groups in total. The minimum absolute atomic E-state index is 0.118. The number of hydrogen-bond donors (Lipinski definition) is 1. The third kappa shape index (κ3) is 3.13. The van der Waals surface area contributed by atoms with Crippen LogP contribution in [0.5, 0.6) is 0 Å². The van der Waals surface area contributed by atoms with E-state index in [0.29, 0.717) is 5.92 Å². The summed E-state index contributed by atoms with van der Waals surface area (Å²) in [5.41, 5.74) is 0.739. The summed E-state index contributed by atoms with van der Waals surface area (Å²) in [7, 11) is 1.95. The van der Waals surface area contributed by atoms with Gasteiger partial charge in [-0.25, -0.2) is 0 Å². The first kappa shape index (κ1) is 14.0. The third-order valence-electron chi connectivity index (χ3n) is 3.23. The lowest BCUT2D eigenvalue weighted by Crippen LogP contribution is -2.30. The lowest BCUT2D eigenvalue weighted by Gasteiger charge is -2.17. The van der Waals surface area contributed by atoms with Gasteiger partial charge in [0, 0.05) is 22.0 Å². The van der Waals surface area contributed by atoms with E-state index in [9.17, 15) is 4.79 Å². The number of hydrogen-bond acceptors (Lipinski definition) is 2. The standard InChI is InChI=1S/C13H16Br2N2O/c1-16-7-9-4-5-17(8-9)13(18)11-3-2-10(14)6-12(11)15/h2-3,6,9,16H,4-5,7-8H2,1H3. The smallest absolute Gasteiger partial charge is 0.255 e. The molecule has 1 saturated heterocycles. The number of rotatable bonds is 3. The van der Waals surface area contributed by atoms with E-state index in [-0.39, 0.29) is 5.91 Å². The predicted octanol–water partition coefficient (Wildman–Crippen LogP) is 2.89. The topological polar surface area (TPSA) is 32.3 Å². The maximum atomic E-state index is 12.4. The van der Waals surface area contributed by atoms with Gasteiger partial charge in [-0.3, -0.25) is 4.79 Å². The molecular weight excluding hydrogens is 360 g/mol. The van der Waals surface area contributed by atoms with Gasteiger partial charge in [-0.15, -0.1) is 0 Å². The van der Waals surface area contributed by atoms with Gasteiger partial charge in [0.2, 0.25) is 0 Å². The van der Waals surface area contributed by atoms with Crippen LogP contribution in [0, 0.1) is 5.92 Å². The van der Waals surface area contributed by atoms with Gasteiger partial charge in [-0.2, -0.15) is 0 Å². The van der Waals surface area contributed by atoms with E-state index in [1.54, 1.807) is 0 Å². The van der Waals surface area contributed by atoms with Crippen molar-refractivity contribution in [2.24, 2.45) is 5.92 Å². The second kappa shape index (κ2) is 6.17. The summed E-state index contributed by atoms with van der Waals surface area (Å²) in [6, 6.07) is 5.68. The predicted molar refractivity (Wildman–Crippen MR) is 79.8 cm³/mol. The molecule has 1 fully saturated rings. The van der Waals surface area contributed by atoms with Crippen LogP contribution in [0.25, 0.3) is 0 Å². The molecule has 3 nitrogen and oxygen atoms in total. The van der Waals surface area contributed by atoms with Gasteiger partial charge in [-0.1, -0.05) is 15.9 Å². The van der Waals surface area contributed by atoms with Crippen LogP contribution in [0.4, 0.5) is 0 Å². The van der Waals surface area contributed by atoms with Crippen molar-refractivity contribution in [3.63, 3.8) is 0 Å². The van der Waals surface area contributed by atoms with Crippen molar-refractivity contribution in [1.29, 1.82) is 0 Å². The SMILES string of the molecule is CNCC1CCN(C(=O)c2ccc(Br)cc2Br)C1. The second-order valence-electron chi connectivity index (χ2n) is 4.59. The lowest BCUT2D eigenvalue weighted by molar-refractivity contribution is 0.0786. The van der Waals surface area contributed by atoms with Gasteiger partial charge >= 0.3 is 0 Å². The van der Waals surface area contributed by atoms with Crippen molar-refractivity contribution in [3.05, 3.63) is 32.7 Å². The fourth-order valence-electron chi connectivity index (χ4n) is 2.31. The molecule has 1 amide bonds. The maximum absolute atomic E-state index is 12.4. The first-order valence-corrected chi connectivity index (χ1v) is 7.59. The first-order chi connectivity index (χ1) is 8.61. The van der Waals surface area contributed by atoms with Crippen LogP contribution in [-0.2, 0) is 0 Å². The molecule has 0 spiro atoms. The maximum Gasteiger partial charge on any atom is 0.255 e. The van der Waals surface area contributed by atoms with E-state index < -0.39 is 0 Å². The van der Waals surface area contributed by atoms with Crippen molar-refractivity contribution in [3.8, 4) is 0 Å². The van der Waals surface area contributed by atoms with Crippen LogP contribution in [0.3, 0.4) is 0 Å². The molecule has 1 aromatic carbocycles. The Morgan fingerprint density at radius 1 is 1.50 bits per heavy atom. The summed E-state index contributed by atoms with van der Waals surface area (Å²) in [6.45, 7) is 2.68. The first-order valence-electron chi connectivity index (χ1n) is 6.00. The molecular formula is C13H16Br2N2O. The molecule has 1 aliphatic rings. The number of halogens is 2. The Labute approximate surface area is 124 Å². The van der Waals surface area contributed by atoms with Gasteiger partial charge in [0.25, 0.3) is 5.91 Å². The highest BCUT2D eigenvalue weighted by Crippen LogP contribution is 2.25. The Balaban J connectivity index is 2.08. The number of likely N-dealkylation sites (tertiary alicyclic amines) is 1. The van der Waals surface area contributed by atoms with Crippen LogP contribution in [-0.4, -0.2) is 37.5 Å². The molecule has 18 heavy (non-hydrogen) atoms. The van der Waals surface area contributed by atoms with E-state index >= 15 is 0 Å². The van der Waals surface area contributed by atoms with Crippen molar-refractivity contribution in [2.75, 3.05) is 26.7 Å². The molecule has 0 aliphatic carbocycles.